The van der Waals surface area contributed by atoms with E-state index in [0.29, 0.717) is 24.4 Å². The van der Waals surface area contributed by atoms with Crippen molar-refractivity contribution in [2.75, 3.05) is 13.7 Å². The van der Waals surface area contributed by atoms with Gasteiger partial charge in [0.15, 0.2) is 4.80 Å². The maximum atomic E-state index is 11.8. The quantitative estimate of drug-likeness (QED) is 0.843. The maximum absolute atomic E-state index is 11.8. The molecule has 2 rings (SSSR count). The SMILES string of the molecule is CCCC(=O)N=c1sc2ccc(Cl)c(C)c2n1CCOC. The van der Waals surface area contributed by atoms with Gasteiger partial charge in [0.2, 0.25) is 5.91 Å². The van der Waals surface area contributed by atoms with Crippen LogP contribution < -0.4 is 4.80 Å². The number of aryl methyl sites for hydroxylation is 1. The normalized spacial score (nSPS) is 12.3. The van der Waals surface area contributed by atoms with E-state index >= 15 is 0 Å². The van der Waals surface area contributed by atoms with Crippen LogP contribution in [-0.4, -0.2) is 24.2 Å². The van der Waals surface area contributed by atoms with E-state index in [-0.39, 0.29) is 5.91 Å². The number of halogens is 1. The highest BCUT2D eigenvalue weighted by Crippen LogP contribution is 2.27. The molecular formula is C15H19ClN2O2S. The summed E-state index contributed by atoms with van der Waals surface area (Å²) in [6.45, 7) is 5.17. The second-order valence-electron chi connectivity index (χ2n) is 4.80. The van der Waals surface area contributed by atoms with Gasteiger partial charge in [-0.1, -0.05) is 29.9 Å². The Balaban J connectivity index is 2.64. The van der Waals surface area contributed by atoms with Crippen LogP contribution in [0, 0.1) is 6.92 Å². The molecule has 0 radical (unpaired) electrons. The number of ether oxygens (including phenoxy) is 1. The molecule has 1 aromatic carbocycles. The van der Waals surface area contributed by atoms with Crippen molar-refractivity contribution < 1.29 is 9.53 Å². The van der Waals surface area contributed by atoms with E-state index < -0.39 is 0 Å². The van der Waals surface area contributed by atoms with Gasteiger partial charge in [0, 0.05) is 25.1 Å². The van der Waals surface area contributed by atoms with Crippen molar-refractivity contribution in [2.45, 2.75) is 33.2 Å². The van der Waals surface area contributed by atoms with Gasteiger partial charge in [-0.2, -0.15) is 4.99 Å². The number of aromatic nitrogens is 1. The van der Waals surface area contributed by atoms with E-state index in [2.05, 4.69) is 4.99 Å². The summed E-state index contributed by atoms with van der Waals surface area (Å²) in [5.41, 5.74) is 2.04. The fraction of sp³-hybridized carbons (Fsp3) is 0.467. The second kappa shape index (κ2) is 7.20. The average Bonchev–Trinajstić information content (AvgIpc) is 2.79. The van der Waals surface area contributed by atoms with Crippen LogP contribution in [0.1, 0.15) is 25.3 Å². The molecule has 6 heteroatoms. The van der Waals surface area contributed by atoms with Gasteiger partial charge in [-0.05, 0) is 31.0 Å². The Morgan fingerprint density at radius 3 is 2.90 bits per heavy atom. The van der Waals surface area contributed by atoms with Gasteiger partial charge in [-0.25, -0.2) is 0 Å². The van der Waals surface area contributed by atoms with Crippen molar-refractivity contribution in [3.63, 3.8) is 0 Å². The molecule has 1 aromatic heterocycles. The fourth-order valence-corrected chi connectivity index (χ4v) is 3.45. The molecule has 0 aliphatic carbocycles. The number of rotatable bonds is 5. The Bertz CT molecular complexity index is 718. The lowest BCUT2D eigenvalue weighted by Gasteiger charge is -2.07. The third-order valence-electron chi connectivity index (χ3n) is 3.23. The van der Waals surface area contributed by atoms with Crippen LogP contribution in [0.3, 0.4) is 0 Å². The molecule has 1 amide bonds. The maximum Gasteiger partial charge on any atom is 0.248 e. The lowest BCUT2D eigenvalue weighted by Crippen LogP contribution is -2.19. The van der Waals surface area contributed by atoms with Crippen molar-refractivity contribution in [3.8, 4) is 0 Å². The first-order chi connectivity index (χ1) is 10.1. The second-order valence-corrected chi connectivity index (χ2v) is 6.22. The minimum absolute atomic E-state index is 0.0843. The molecule has 1 heterocycles. The molecule has 0 aliphatic heterocycles. The van der Waals surface area contributed by atoms with Gasteiger partial charge in [0.1, 0.15) is 0 Å². The van der Waals surface area contributed by atoms with Crippen LogP contribution in [0.2, 0.25) is 5.02 Å². The number of carbonyl (C=O) groups excluding carboxylic acids is 1. The Hall–Kier alpha value is -1.17. The zero-order valence-electron chi connectivity index (χ0n) is 12.5. The number of amides is 1. The highest BCUT2D eigenvalue weighted by Gasteiger charge is 2.11. The van der Waals surface area contributed by atoms with Crippen molar-refractivity contribution in [1.29, 1.82) is 0 Å². The molecule has 2 aromatic rings. The van der Waals surface area contributed by atoms with Gasteiger partial charge in [0.05, 0.1) is 16.8 Å². The molecule has 0 saturated carbocycles. The zero-order valence-corrected chi connectivity index (χ0v) is 14.1. The summed E-state index contributed by atoms with van der Waals surface area (Å²) >= 11 is 7.73. The number of hydrogen-bond donors (Lipinski definition) is 0. The monoisotopic (exact) mass is 326 g/mol. The molecule has 0 spiro atoms. The molecule has 0 fully saturated rings. The highest BCUT2D eigenvalue weighted by molar-refractivity contribution is 7.16. The number of nitrogens with zero attached hydrogens (tertiary/aromatic N) is 2. The minimum Gasteiger partial charge on any atom is -0.383 e. The predicted molar refractivity (Wildman–Crippen MR) is 86.9 cm³/mol. The van der Waals surface area contributed by atoms with E-state index in [1.807, 2.05) is 30.5 Å². The van der Waals surface area contributed by atoms with Gasteiger partial charge in [0.25, 0.3) is 0 Å². The minimum atomic E-state index is -0.0843. The first-order valence-electron chi connectivity index (χ1n) is 6.93. The van der Waals surface area contributed by atoms with Gasteiger partial charge >= 0.3 is 0 Å². The van der Waals surface area contributed by atoms with Crippen LogP contribution in [0.25, 0.3) is 10.2 Å². The third kappa shape index (κ3) is 3.54. The molecule has 21 heavy (non-hydrogen) atoms. The molecular weight excluding hydrogens is 308 g/mol. The number of hydrogen-bond acceptors (Lipinski definition) is 3. The fourth-order valence-electron chi connectivity index (χ4n) is 2.17. The predicted octanol–water partition coefficient (Wildman–Crippen LogP) is 3.54. The Labute approximate surface area is 133 Å². The number of carbonyl (C=O) groups is 1. The molecule has 0 N–H and O–H groups in total. The summed E-state index contributed by atoms with van der Waals surface area (Å²) in [6.07, 6.45) is 1.27. The Morgan fingerprint density at radius 1 is 1.48 bits per heavy atom. The van der Waals surface area contributed by atoms with Crippen LogP contribution in [-0.2, 0) is 16.1 Å². The summed E-state index contributed by atoms with van der Waals surface area (Å²) in [7, 11) is 1.66. The summed E-state index contributed by atoms with van der Waals surface area (Å²) in [4.78, 5) is 16.8. The molecule has 4 nitrogen and oxygen atoms in total. The molecule has 0 atom stereocenters. The summed E-state index contributed by atoms with van der Waals surface area (Å²) < 4.78 is 8.27. The number of methoxy groups -OCH3 is 1. The molecule has 0 bridgehead atoms. The molecule has 0 saturated heterocycles. The van der Waals surface area contributed by atoms with E-state index in [9.17, 15) is 4.79 Å². The van der Waals surface area contributed by atoms with Crippen molar-refractivity contribution in [3.05, 3.63) is 27.5 Å². The Morgan fingerprint density at radius 2 is 2.24 bits per heavy atom. The molecule has 0 aliphatic rings. The lowest BCUT2D eigenvalue weighted by molar-refractivity contribution is -0.118. The first-order valence-corrected chi connectivity index (χ1v) is 8.12. The Kier molecular flexibility index (Phi) is 5.56. The van der Waals surface area contributed by atoms with Crippen molar-refractivity contribution >= 4 is 39.1 Å². The van der Waals surface area contributed by atoms with Crippen molar-refractivity contribution in [1.82, 2.24) is 4.57 Å². The molecule has 0 unspecified atom stereocenters. The highest BCUT2D eigenvalue weighted by atomic mass is 35.5. The first kappa shape index (κ1) is 16.2. The van der Waals surface area contributed by atoms with E-state index in [1.54, 1.807) is 7.11 Å². The average molecular weight is 327 g/mol. The van der Waals surface area contributed by atoms with Gasteiger partial charge in [-0.15, -0.1) is 0 Å². The lowest BCUT2D eigenvalue weighted by atomic mass is 10.2. The molecule has 114 valence electrons. The van der Waals surface area contributed by atoms with E-state index in [4.69, 9.17) is 16.3 Å². The number of benzene rings is 1. The number of thiazole rings is 1. The van der Waals surface area contributed by atoms with Gasteiger partial charge < -0.3 is 9.30 Å². The largest absolute Gasteiger partial charge is 0.383 e. The summed E-state index contributed by atoms with van der Waals surface area (Å²) in [5.74, 6) is -0.0843. The standard InChI is InChI=1S/C15H19ClN2O2S/c1-4-5-13(19)17-15-18(8-9-20-3)14-10(2)11(16)6-7-12(14)21-15/h6-7H,4-5,8-9H2,1-3H3. The van der Waals surface area contributed by atoms with Crippen LogP contribution in [0.5, 0.6) is 0 Å². The zero-order chi connectivity index (χ0) is 15.4. The van der Waals surface area contributed by atoms with Crippen molar-refractivity contribution in [2.24, 2.45) is 4.99 Å². The van der Waals surface area contributed by atoms with Gasteiger partial charge in [-0.3, -0.25) is 4.79 Å². The van der Waals surface area contributed by atoms with E-state index in [0.717, 1.165) is 27.2 Å². The van der Waals surface area contributed by atoms with Crippen LogP contribution >= 0.6 is 22.9 Å². The topological polar surface area (TPSA) is 43.6 Å². The smallest absolute Gasteiger partial charge is 0.248 e. The summed E-state index contributed by atoms with van der Waals surface area (Å²) in [5, 5.41) is 0.720. The van der Waals surface area contributed by atoms with Crippen LogP contribution in [0.4, 0.5) is 0 Å². The number of fused-ring (bicyclic) bond motifs is 1. The third-order valence-corrected chi connectivity index (χ3v) is 4.69. The van der Waals surface area contributed by atoms with Crippen LogP contribution in [0.15, 0.2) is 17.1 Å². The van der Waals surface area contributed by atoms with E-state index in [1.165, 1.54) is 11.3 Å². The summed E-state index contributed by atoms with van der Waals surface area (Å²) in [6, 6.07) is 3.86.